The summed E-state index contributed by atoms with van der Waals surface area (Å²) in [5.74, 6) is 0.544. The Kier molecular flexibility index (Phi) is 5.11. The van der Waals surface area contributed by atoms with Gasteiger partial charge in [-0.25, -0.2) is 0 Å². The molecule has 1 aliphatic rings. The van der Waals surface area contributed by atoms with E-state index in [0.29, 0.717) is 23.6 Å². The van der Waals surface area contributed by atoms with E-state index in [9.17, 15) is 10.1 Å². The van der Waals surface area contributed by atoms with E-state index in [0.717, 1.165) is 12.1 Å². The van der Waals surface area contributed by atoms with Crippen LogP contribution in [0.2, 0.25) is 0 Å². The first-order chi connectivity index (χ1) is 9.63. The van der Waals surface area contributed by atoms with E-state index >= 15 is 0 Å². The second kappa shape index (κ2) is 6.83. The van der Waals surface area contributed by atoms with Crippen molar-refractivity contribution >= 4 is 23.1 Å². The molecule has 0 aliphatic heterocycles. The smallest absolute Gasteiger partial charge is 0.275 e. The summed E-state index contributed by atoms with van der Waals surface area (Å²) in [5.41, 5.74) is 0.839. The van der Waals surface area contributed by atoms with Crippen molar-refractivity contribution in [2.75, 3.05) is 18.2 Å². The van der Waals surface area contributed by atoms with Gasteiger partial charge in [-0.15, -0.1) is 0 Å². The van der Waals surface area contributed by atoms with Gasteiger partial charge in [0.2, 0.25) is 0 Å². The van der Waals surface area contributed by atoms with E-state index in [1.165, 1.54) is 18.9 Å². The van der Waals surface area contributed by atoms with Gasteiger partial charge in [0, 0.05) is 29.1 Å². The molecule has 2 atom stereocenters. The lowest BCUT2D eigenvalue weighted by atomic mass is 10.2. The number of benzene rings is 1. The molecule has 0 bridgehead atoms. The minimum atomic E-state index is -0.381. The molecule has 0 saturated heterocycles. The first-order valence-electron chi connectivity index (χ1n) is 6.85. The van der Waals surface area contributed by atoms with E-state index in [1.54, 1.807) is 6.07 Å². The van der Waals surface area contributed by atoms with Crippen LogP contribution in [-0.4, -0.2) is 29.1 Å². The summed E-state index contributed by atoms with van der Waals surface area (Å²) < 4.78 is 5.41. The number of non-ortho nitro benzene ring substituents is 1. The van der Waals surface area contributed by atoms with Crippen molar-refractivity contribution < 1.29 is 9.66 Å². The standard InChI is InChI=1S/C14H20N2O3S/c1-3-19-12-8-10(7-11(9-12)16(17)18)15-13-5-4-6-14(13)20-2/h7-9,13-15H,3-6H2,1-2H3. The molecule has 2 unspecified atom stereocenters. The minimum absolute atomic E-state index is 0.0668. The lowest BCUT2D eigenvalue weighted by Crippen LogP contribution is -2.25. The Morgan fingerprint density at radius 3 is 2.90 bits per heavy atom. The lowest BCUT2D eigenvalue weighted by molar-refractivity contribution is -0.384. The monoisotopic (exact) mass is 296 g/mol. The summed E-state index contributed by atoms with van der Waals surface area (Å²) in [6.45, 7) is 2.37. The lowest BCUT2D eigenvalue weighted by Gasteiger charge is -2.20. The van der Waals surface area contributed by atoms with E-state index in [-0.39, 0.29) is 10.6 Å². The van der Waals surface area contributed by atoms with Crippen LogP contribution in [0.4, 0.5) is 11.4 Å². The molecule has 0 radical (unpaired) electrons. The molecule has 6 heteroatoms. The Labute approximate surface area is 123 Å². The average molecular weight is 296 g/mol. The number of nitro benzene ring substituents is 1. The Morgan fingerprint density at radius 1 is 1.45 bits per heavy atom. The number of nitro groups is 1. The highest BCUT2D eigenvalue weighted by molar-refractivity contribution is 7.99. The second-order valence-electron chi connectivity index (χ2n) is 4.86. The van der Waals surface area contributed by atoms with E-state index in [4.69, 9.17) is 4.74 Å². The van der Waals surface area contributed by atoms with Crippen molar-refractivity contribution in [1.29, 1.82) is 0 Å². The fourth-order valence-corrected chi connectivity index (χ4v) is 3.54. The van der Waals surface area contributed by atoms with Crippen LogP contribution < -0.4 is 10.1 Å². The van der Waals surface area contributed by atoms with Crippen LogP contribution in [0.1, 0.15) is 26.2 Å². The van der Waals surface area contributed by atoms with Crippen LogP contribution in [0.5, 0.6) is 5.75 Å². The maximum Gasteiger partial charge on any atom is 0.275 e. The number of nitrogens with zero attached hydrogens (tertiary/aromatic N) is 1. The van der Waals surface area contributed by atoms with Crippen LogP contribution in [0.15, 0.2) is 18.2 Å². The average Bonchev–Trinajstić information content (AvgIpc) is 2.86. The quantitative estimate of drug-likeness (QED) is 0.640. The number of rotatable bonds is 6. The van der Waals surface area contributed by atoms with Crippen molar-refractivity contribution in [3.8, 4) is 5.75 Å². The van der Waals surface area contributed by atoms with Gasteiger partial charge in [0.1, 0.15) is 5.75 Å². The zero-order valence-corrected chi connectivity index (χ0v) is 12.6. The molecule has 0 amide bonds. The Morgan fingerprint density at radius 2 is 2.25 bits per heavy atom. The molecule has 20 heavy (non-hydrogen) atoms. The maximum absolute atomic E-state index is 11.0. The summed E-state index contributed by atoms with van der Waals surface area (Å²) >= 11 is 1.86. The number of ether oxygens (including phenoxy) is 1. The van der Waals surface area contributed by atoms with Crippen molar-refractivity contribution in [1.82, 2.24) is 0 Å². The van der Waals surface area contributed by atoms with Crippen LogP contribution in [0, 0.1) is 10.1 Å². The van der Waals surface area contributed by atoms with E-state index < -0.39 is 0 Å². The summed E-state index contributed by atoms with van der Waals surface area (Å²) in [4.78, 5) is 10.6. The normalized spacial score (nSPS) is 21.7. The highest BCUT2D eigenvalue weighted by atomic mass is 32.2. The zero-order valence-electron chi connectivity index (χ0n) is 11.8. The molecule has 5 nitrogen and oxygen atoms in total. The molecule has 0 heterocycles. The van der Waals surface area contributed by atoms with Gasteiger partial charge in [-0.05, 0) is 26.0 Å². The Hall–Kier alpha value is -1.43. The molecule has 110 valence electrons. The van der Waals surface area contributed by atoms with Gasteiger partial charge in [-0.2, -0.15) is 11.8 Å². The van der Waals surface area contributed by atoms with E-state index in [1.807, 2.05) is 24.8 Å². The van der Waals surface area contributed by atoms with Crippen LogP contribution >= 0.6 is 11.8 Å². The molecule has 1 N–H and O–H groups in total. The second-order valence-corrected chi connectivity index (χ2v) is 5.94. The molecule has 1 aliphatic carbocycles. The predicted octanol–water partition coefficient (Wildman–Crippen LogP) is 3.69. The fraction of sp³-hybridized carbons (Fsp3) is 0.571. The predicted molar refractivity (Wildman–Crippen MR) is 82.8 cm³/mol. The minimum Gasteiger partial charge on any atom is -0.494 e. The molecule has 1 saturated carbocycles. The van der Waals surface area contributed by atoms with Crippen LogP contribution in [0.3, 0.4) is 0 Å². The first-order valence-corrected chi connectivity index (χ1v) is 8.14. The third kappa shape index (κ3) is 3.56. The molecule has 0 spiro atoms. The van der Waals surface area contributed by atoms with Gasteiger partial charge in [0.25, 0.3) is 5.69 Å². The van der Waals surface area contributed by atoms with Crippen molar-refractivity contribution in [3.05, 3.63) is 28.3 Å². The van der Waals surface area contributed by atoms with Gasteiger partial charge >= 0.3 is 0 Å². The fourth-order valence-electron chi connectivity index (χ4n) is 2.61. The molecule has 1 aromatic rings. The largest absolute Gasteiger partial charge is 0.494 e. The molecule has 2 rings (SSSR count). The summed E-state index contributed by atoms with van der Waals surface area (Å²) in [7, 11) is 0. The van der Waals surface area contributed by atoms with Gasteiger partial charge in [-0.3, -0.25) is 10.1 Å². The van der Waals surface area contributed by atoms with Crippen LogP contribution in [0.25, 0.3) is 0 Å². The first kappa shape index (κ1) is 15.0. The highest BCUT2D eigenvalue weighted by Gasteiger charge is 2.26. The number of anilines is 1. The van der Waals surface area contributed by atoms with Gasteiger partial charge in [0.15, 0.2) is 0 Å². The molecular weight excluding hydrogens is 276 g/mol. The van der Waals surface area contributed by atoms with Crippen molar-refractivity contribution in [3.63, 3.8) is 0 Å². The summed E-state index contributed by atoms with van der Waals surface area (Å²) in [6, 6.07) is 5.27. The third-order valence-corrected chi connectivity index (χ3v) is 4.69. The van der Waals surface area contributed by atoms with E-state index in [2.05, 4.69) is 11.6 Å². The molecular formula is C14H20N2O3S. The van der Waals surface area contributed by atoms with Gasteiger partial charge < -0.3 is 10.1 Å². The summed E-state index contributed by atoms with van der Waals surface area (Å²) in [5, 5.41) is 15.0. The number of thioether (sulfide) groups is 1. The third-order valence-electron chi connectivity index (χ3n) is 3.52. The van der Waals surface area contributed by atoms with Crippen LogP contribution in [-0.2, 0) is 0 Å². The summed E-state index contributed by atoms with van der Waals surface area (Å²) in [6.07, 6.45) is 5.63. The maximum atomic E-state index is 11.0. The van der Waals surface area contributed by atoms with Gasteiger partial charge in [-0.1, -0.05) is 6.42 Å². The van der Waals surface area contributed by atoms with Crippen molar-refractivity contribution in [2.45, 2.75) is 37.5 Å². The molecule has 1 fully saturated rings. The SMILES string of the molecule is CCOc1cc(NC2CCCC2SC)cc([N+](=O)[O-])c1. The molecule has 0 aromatic heterocycles. The zero-order chi connectivity index (χ0) is 14.5. The van der Waals surface area contributed by atoms with Crippen molar-refractivity contribution in [2.24, 2.45) is 0 Å². The molecule has 1 aromatic carbocycles. The number of hydrogen-bond acceptors (Lipinski definition) is 5. The highest BCUT2D eigenvalue weighted by Crippen LogP contribution is 2.33. The Balaban J connectivity index is 2.19. The van der Waals surface area contributed by atoms with Gasteiger partial charge in [0.05, 0.1) is 17.6 Å². The Bertz CT molecular complexity index is 481. The topological polar surface area (TPSA) is 64.4 Å². The number of nitrogens with one attached hydrogen (secondary N) is 1. The number of hydrogen-bond donors (Lipinski definition) is 1.